The zero-order chi connectivity index (χ0) is 14.9. The van der Waals surface area contributed by atoms with Gasteiger partial charge in [0.1, 0.15) is 5.60 Å². The van der Waals surface area contributed by atoms with E-state index in [1.165, 1.54) is 11.3 Å². The number of nitrogens with zero attached hydrogens (tertiary/aromatic N) is 1. The van der Waals surface area contributed by atoms with Crippen LogP contribution in [0.3, 0.4) is 0 Å². The third-order valence-electron chi connectivity index (χ3n) is 2.37. The van der Waals surface area contributed by atoms with Crippen molar-refractivity contribution in [2.45, 2.75) is 38.9 Å². The van der Waals surface area contributed by atoms with Crippen LogP contribution in [-0.2, 0) is 14.3 Å². The number of nitrogens with one attached hydrogen (secondary N) is 1. The monoisotopic (exact) mass is 296 g/mol. The molecular weight excluding hydrogens is 280 g/mol. The van der Waals surface area contributed by atoms with Gasteiger partial charge in [0, 0.05) is 11.8 Å². The Morgan fingerprint density at radius 3 is 2.80 bits per heavy atom. The topological polar surface area (TPSA) is 80.8 Å². The molecule has 1 aromatic rings. The van der Waals surface area contributed by atoms with Crippen LogP contribution in [-0.4, -0.2) is 28.8 Å². The zero-order valence-corrected chi connectivity index (χ0v) is 12.4. The molecule has 0 aromatic carbocycles. The van der Waals surface area contributed by atoms with Gasteiger partial charge in [-0.05, 0) is 26.3 Å². The first kappa shape index (κ1) is 14.5. The molecule has 1 aromatic heterocycles. The lowest BCUT2D eigenvalue weighted by Crippen LogP contribution is -2.27. The van der Waals surface area contributed by atoms with E-state index in [0.717, 1.165) is 0 Å². The Morgan fingerprint density at radius 2 is 2.25 bits per heavy atom. The molecule has 0 saturated carbocycles. The molecule has 0 aliphatic carbocycles. The second-order valence-corrected chi connectivity index (χ2v) is 6.26. The number of hydrogen-bond donors (Lipinski definition) is 1. The maximum absolute atomic E-state index is 11.6. The molecule has 1 aliphatic heterocycles. The van der Waals surface area contributed by atoms with E-state index in [0.29, 0.717) is 22.8 Å². The van der Waals surface area contributed by atoms with Crippen LogP contribution in [0.5, 0.6) is 0 Å². The fourth-order valence-electron chi connectivity index (χ4n) is 1.44. The van der Waals surface area contributed by atoms with Crippen molar-refractivity contribution in [1.82, 2.24) is 4.98 Å². The number of epoxide rings is 1. The average molecular weight is 296 g/mol. The molecule has 2 rings (SSSR count). The van der Waals surface area contributed by atoms with Gasteiger partial charge in [-0.1, -0.05) is 6.58 Å². The number of anilines is 1. The second kappa shape index (κ2) is 5.24. The van der Waals surface area contributed by atoms with Crippen LogP contribution in [0.1, 0.15) is 32.9 Å². The molecule has 1 amide bonds. The van der Waals surface area contributed by atoms with E-state index in [2.05, 4.69) is 16.9 Å². The number of cyclic esters (lactones) is 1. The molecule has 1 saturated heterocycles. The van der Waals surface area contributed by atoms with E-state index in [-0.39, 0.29) is 12.1 Å². The van der Waals surface area contributed by atoms with Crippen LogP contribution in [0, 0.1) is 0 Å². The molecule has 1 unspecified atom stereocenters. The molecule has 108 valence electrons. The molecule has 1 aliphatic rings. The fraction of sp³-hybridized carbons (Fsp3) is 0.462. The van der Waals surface area contributed by atoms with E-state index in [4.69, 9.17) is 9.47 Å². The van der Waals surface area contributed by atoms with E-state index >= 15 is 0 Å². The third kappa shape index (κ3) is 4.06. The maximum atomic E-state index is 11.6. The van der Waals surface area contributed by atoms with Gasteiger partial charge >= 0.3 is 12.1 Å². The van der Waals surface area contributed by atoms with Crippen molar-refractivity contribution >= 4 is 34.1 Å². The predicted molar refractivity (Wildman–Crippen MR) is 75.5 cm³/mol. The van der Waals surface area contributed by atoms with Gasteiger partial charge in [0.15, 0.2) is 5.13 Å². The van der Waals surface area contributed by atoms with E-state index in [1.807, 2.05) is 0 Å². The largest absolute Gasteiger partial charge is 0.447 e. The molecule has 1 atom stereocenters. The first-order valence-corrected chi connectivity index (χ1v) is 6.97. The highest BCUT2D eigenvalue weighted by atomic mass is 32.1. The smallest absolute Gasteiger partial charge is 0.413 e. The van der Waals surface area contributed by atoms with Gasteiger partial charge in [-0.3, -0.25) is 5.32 Å². The van der Waals surface area contributed by atoms with Gasteiger partial charge < -0.3 is 9.47 Å². The molecular formula is C13H16N2O4S. The normalized spacial score (nSPS) is 17.4. The Labute approximate surface area is 120 Å². The summed E-state index contributed by atoms with van der Waals surface area (Å²) in [6.07, 6.45) is -0.509. The fourth-order valence-corrected chi connectivity index (χ4v) is 2.18. The molecule has 20 heavy (non-hydrogen) atoms. The van der Waals surface area contributed by atoms with Crippen molar-refractivity contribution in [1.29, 1.82) is 0 Å². The van der Waals surface area contributed by atoms with Crippen LogP contribution >= 0.6 is 11.3 Å². The Hall–Kier alpha value is -1.89. The molecule has 7 heteroatoms. The zero-order valence-electron chi connectivity index (χ0n) is 11.6. The molecule has 2 heterocycles. The summed E-state index contributed by atoms with van der Waals surface area (Å²) in [5, 5.41) is 4.75. The number of ether oxygens (including phenoxy) is 2. The number of hydrogen-bond acceptors (Lipinski definition) is 6. The van der Waals surface area contributed by atoms with Crippen molar-refractivity contribution < 1.29 is 19.1 Å². The molecule has 0 bridgehead atoms. The third-order valence-corrected chi connectivity index (χ3v) is 3.13. The van der Waals surface area contributed by atoms with Crippen molar-refractivity contribution in [3.63, 3.8) is 0 Å². The lowest BCUT2D eigenvalue weighted by Gasteiger charge is -2.18. The molecule has 1 fully saturated rings. The van der Waals surface area contributed by atoms with Crippen molar-refractivity contribution in [3.05, 3.63) is 17.7 Å². The summed E-state index contributed by atoms with van der Waals surface area (Å²) < 4.78 is 9.85. The second-order valence-electron chi connectivity index (χ2n) is 5.40. The lowest BCUT2D eigenvalue weighted by atomic mass is 10.1. The summed E-state index contributed by atoms with van der Waals surface area (Å²) in [5.74, 6) is -0.214. The Morgan fingerprint density at radius 1 is 1.60 bits per heavy atom. The average Bonchev–Trinajstić information content (AvgIpc) is 2.79. The number of carbonyl (C=O) groups excluding carboxylic acids is 2. The van der Waals surface area contributed by atoms with Crippen LogP contribution in [0.4, 0.5) is 9.93 Å². The van der Waals surface area contributed by atoms with Crippen molar-refractivity contribution in [2.24, 2.45) is 0 Å². The number of carbonyl (C=O) groups is 2. The lowest BCUT2D eigenvalue weighted by molar-refractivity contribution is -0.117. The summed E-state index contributed by atoms with van der Waals surface area (Å²) in [5.41, 5.74) is 0.788. The van der Waals surface area contributed by atoms with E-state index in [1.54, 1.807) is 26.2 Å². The van der Waals surface area contributed by atoms with Gasteiger partial charge in [0.05, 0.1) is 5.69 Å². The minimum atomic E-state index is -0.558. The summed E-state index contributed by atoms with van der Waals surface area (Å²) in [7, 11) is 0. The Bertz CT molecular complexity index is 559. The van der Waals surface area contributed by atoms with Crippen LogP contribution in [0.25, 0.3) is 5.57 Å². The van der Waals surface area contributed by atoms with Crippen molar-refractivity contribution in [3.8, 4) is 0 Å². The molecule has 1 N–H and O–H groups in total. The van der Waals surface area contributed by atoms with E-state index < -0.39 is 11.7 Å². The standard InChI is InChI=1S/C13H16N2O4S/c1-7(5-9-10(16)18-9)8-6-20-11(14-8)15-12(17)19-13(2,3)4/h6,9H,1,5H2,2-4H3,(H,14,15,17). The van der Waals surface area contributed by atoms with Gasteiger partial charge in [-0.2, -0.15) is 0 Å². The summed E-state index contributed by atoms with van der Waals surface area (Å²) in [6, 6.07) is 0. The quantitative estimate of drug-likeness (QED) is 0.864. The minimum absolute atomic E-state index is 0.214. The van der Waals surface area contributed by atoms with Gasteiger partial charge in [0.2, 0.25) is 6.10 Å². The molecule has 0 radical (unpaired) electrons. The van der Waals surface area contributed by atoms with Gasteiger partial charge in [-0.15, -0.1) is 11.3 Å². The van der Waals surface area contributed by atoms with E-state index in [9.17, 15) is 9.59 Å². The first-order valence-electron chi connectivity index (χ1n) is 6.09. The van der Waals surface area contributed by atoms with Crippen molar-refractivity contribution in [2.75, 3.05) is 5.32 Å². The Balaban J connectivity index is 1.90. The molecule has 0 spiro atoms. The van der Waals surface area contributed by atoms with Crippen LogP contribution < -0.4 is 5.32 Å². The number of thiazole rings is 1. The summed E-state index contributed by atoms with van der Waals surface area (Å²) in [6.45, 7) is 9.22. The number of amides is 1. The van der Waals surface area contributed by atoms with Gasteiger partial charge in [0.25, 0.3) is 0 Å². The van der Waals surface area contributed by atoms with Crippen LogP contribution in [0.2, 0.25) is 0 Å². The Kier molecular flexibility index (Phi) is 3.80. The minimum Gasteiger partial charge on any atom is -0.447 e. The highest BCUT2D eigenvalue weighted by Gasteiger charge is 2.38. The maximum Gasteiger partial charge on any atom is 0.413 e. The highest BCUT2D eigenvalue weighted by molar-refractivity contribution is 7.14. The van der Waals surface area contributed by atoms with Crippen LogP contribution in [0.15, 0.2) is 12.0 Å². The summed E-state index contributed by atoms with van der Waals surface area (Å²) in [4.78, 5) is 26.6. The number of rotatable bonds is 4. The predicted octanol–water partition coefficient (Wildman–Crippen LogP) is 2.82. The SMILES string of the molecule is C=C(CC1OC1=O)c1csc(NC(=O)OC(C)(C)C)n1. The highest BCUT2D eigenvalue weighted by Crippen LogP contribution is 2.28. The number of aromatic nitrogens is 1. The first-order chi connectivity index (χ1) is 9.24. The molecule has 6 nitrogen and oxygen atoms in total. The summed E-state index contributed by atoms with van der Waals surface area (Å²) >= 11 is 1.27. The van der Waals surface area contributed by atoms with Gasteiger partial charge in [-0.25, -0.2) is 14.6 Å².